The molecule has 32 heteroatoms. The average Bonchev–Trinajstić information content (AvgIpc) is 1.59. The number of alkyl halides is 1. The van der Waals surface area contributed by atoms with E-state index < -0.39 is 46.0 Å². The number of H-pyrrole nitrogens is 1. The zero-order valence-corrected chi connectivity index (χ0v) is 63.9. The largest absolute Gasteiger partial charge is 0.448 e. The third-order valence-electron chi connectivity index (χ3n) is 20.8. The van der Waals surface area contributed by atoms with E-state index in [1.165, 1.54) is 47.7 Å². The minimum atomic E-state index is -0.915. The van der Waals surface area contributed by atoms with Crippen molar-refractivity contribution in [2.75, 3.05) is 74.4 Å². The molecule has 4 fully saturated rings. The summed E-state index contributed by atoms with van der Waals surface area (Å²) in [6, 6.07) is 15.3. The first-order chi connectivity index (χ1) is 47.6. The molecule has 557 valence electrons. The number of carbonyl (C=O) groups is 8. The van der Waals surface area contributed by atoms with E-state index in [0.29, 0.717) is 47.1 Å². The van der Waals surface area contributed by atoms with Crippen LogP contribution in [0.3, 0.4) is 0 Å². The summed E-state index contributed by atoms with van der Waals surface area (Å²) in [6.45, 7) is 23.2. The van der Waals surface area contributed by atoms with Crippen LogP contribution in [0.1, 0.15) is 201 Å². The van der Waals surface area contributed by atoms with Crippen LogP contribution >= 0.6 is 34.2 Å². The third kappa shape index (κ3) is 16.0. The van der Waals surface area contributed by atoms with Gasteiger partial charge in [0.1, 0.15) is 17.1 Å². The Bertz CT molecular complexity index is 4030. The molecule has 0 bridgehead atoms. The topological polar surface area (TPSA) is 317 Å². The molecule has 7 aliphatic rings. The molecule has 8 amide bonds. The van der Waals surface area contributed by atoms with Crippen LogP contribution < -0.4 is 16.0 Å². The Kier molecular flexibility index (Phi) is 26.7. The van der Waals surface area contributed by atoms with Gasteiger partial charge in [0.15, 0.2) is 17.5 Å². The summed E-state index contributed by atoms with van der Waals surface area (Å²) in [6.07, 6.45) is 12.5. The van der Waals surface area contributed by atoms with E-state index in [9.17, 15) is 38.4 Å². The second kappa shape index (κ2) is 33.4. The van der Waals surface area contributed by atoms with Crippen LogP contribution in [0, 0.1) is 0 Å². The number of amides is 8. The summed E-state index contributed by atoms with van der Waals surface area (Å²) >= 11 is 7.86. The van der Waals surface area contributed by atoms with Crippen LogP contribution in [0.2, 0.25) is 0 Å². The van der Waals surface area contributed by atoms with Crippen LogP contribution in [0.15, 0.2) is 73.2 Å². The predicted octanol–water partition coefficient (Wildman–Crippen LogP) is 12.1. The van der Waals surface area contributed by atoms with Gasteiger partial charge in [-0.3, -0.25) is 49.0 Å². The number of ether oxygens (including phenoxy) is 2. The zero-order valence-electron chi connectivity index (χ0n) is 59.6. The molecule has 2 saturated heterocycles. The van der Waals surface area contributed by atoms with Gasteiger partial charge >= 0.3 is 29.6 Å². The summed E-state index contributed by atoms with van der Waals surface area (Å²) in [5.74, 6) is -0.403. The maximum Gasteiger partial charge on any atom is 0.435 e. The van der Waals surface area contributed by atoms with Crippen molar-refractivity contribution in [1.29, 1.82) is 0 Å². The fourth-order valence-corrected chi connectivity index (χ4v) is 15.6. The Labute approximate surface area is 633 Å². The van der Waals surface area contributed by atoms with Gasteiger partial charge in [0, 0.05) is 103 Å². The number of urea groups is 2. The molecule has 13 rings (SSSR count). The van der Waals surface area contributed by atoms with E-state index in [0.717, 1.165) is 61.3 Å². The normalized spacial score (nSPS) is 19.6. The van der Waals surface area contributed by atoms with Crippen molar-refractivity contribution in [3.8, 4) is 0 Å². The molecule has 5 aliphatic heterocycles. The van der Waals surface area contributed by atoms with Gasteiger partial charge in [-0.15, -0.1) is 10.2 Å². The van der Waals surface area contributed by atoms with Gasteiger partial charge in [0.05, 0.1) is 66.5 Å². The molecule has 0 aromatic carbocycles. The summed E-state index contributed by atoms with van der Waals surface area (Å²) in [4.78, 5) is 131. The summed E-state index contributed by atoms with van der Waals surface area (Å²) < 4.78 is 12.6. The van der Waals surface area contributed by atoms with Crippen LogP contribution in [0.5, 0.6) is 0 Å². The SMILES string of the molecule is C.C.CCOC(=O)n1nc(NC(=O)c2ccccn2)c2c1C(C)(C)N(C(=O)Cl)C2.CCOC(=O)n1nc(NC(=O)c2ccccn2)c2c1C(C)(C)N(C(=O)N1CC3(CCCC3)N(C)C[C@@H]1C)C2.CI.C[C@H]1CN(C)C2(CCCC2)CN1C(=O)N1Cc2c(NC(=O)c3ccccn3)n[nH]c2C1(C)C.[V]. The van der Waals surface area contributed by atoms with Crippen molar-refractivity contribution < 1.29 is 66.4 Å². The maximum absolute atomic E-state index is 14.2. The van der Waals surface area contributed by atoms with Crippen molar-refractivity contribution >= 4 is 99.0 Å². The van der Waals surface area contributed by atoms with E-state index in [-0.39, 0.29) is 124 Å². The fraction of sp³-hybridized carbons (Fsp3) is 0.549. The number of pyridine rings is 3. The van der Waals surface area contributed by atoms with Crippen LogP contribution in [-0.2, 0) is 64.3 Å². The monoisotopic (exact) mass is 1590 g/mol. The molecule has 11 heterocycles. The number of likely N-dealkylation sites (N-methyl/N-ethyl adjacent to an activating group) is 2. The van der Waals surface area contributed by atoms with E-state index >= 15 is 0 Å². The van der Waals surface area contributed by atoms with Crippen LogP contribution in [0.25, 0.3) is 0 Å². The van der Waals surface area contributed by atoms with Gasteiger partial charge in [-0.05, 0) is 162 Å². The summed E-state index contributed by atoms with van der Waals surface area (Å²) in [5, 5.41) is 23.7. The van der Waals surface area contributed by atoms with E-state index in [1.807, 2.05) is 42.4 Å². The molecule has 2 spiro atoms. The zero-order chi connectivity index (χ0) is 72.4. The number of carbonyl (C=O) groups excluding carboxylic acids is 8. The van der Waals surface area contributed by atoms with E-state index in [4.69, 9.17) is 21.1 Å². The molecule has 4 N–H and O–H groups in total. The van der Waals surface area contributed by atoms with E-state index in [2.05, 4.69) is 117 Å². The first-order valence-electron chi connectivity index (χ1n) is 33.9. The predicted molar refractivity (Wildman–Crippen MR) is 396 cm³/mol. The molecule has 2 atom stereocenters. The van der Waals surface area contributed by atoms with E-state index in [1.54, 1.807) is 93.4 Å². The number of rotatable bonds is 8. The first kappa shape index (κ1) is 82.3. The number of nitrogens with zero attached hydrogens (tertiary/aromatic N) is 15. The van der Waals surface area contributed by atoms with Gasteiger partial charge in [-0.1, -0.05) is 81.3 Å². The van der Waals surface area contributed by atoms with Gasteiger partial charge in [-0.25, -0.2) is 19.2 Å². The smallest absolute Gasteiger partial charge is 0.435 e. The summed E-state index contributed by atoms with van der Waals surface area (Å²) in [5.41, 5.74) is 2.37. The number of aromatic nitrogens is 9. The number of halogens is 2. The molecule has 2 aliphatic carbocycles. The molecular formula is C71H99ClIN19O10V. The molecule has 1 radical (unpaired) electrons. The number of fused-ring (bicyclic) bond motifs is 3. The molecule has 103 heavy (non-hydrogen) atoms. The van der Waals surface area contributed by atoms with Crippen LogP contribution in [0.4, 0.5) is 41.4 Å². The molecule has 29 nitrogen and oxygen atoms in total. The van der Waals surface area contributed by atoms with Gasteiger partial charge in [0.2, 0.25) is 0 Å². The van der Waals surface area contributed by atoms with Gasteiger partial charge in [-0.2, -0.15) is 14.5 Å². The van der Waals surface area contributed by atoms with Crippen LogP contribution in [-0.4, -0.2) is 208 Å². The summed E-state index contributed by atoms with van der Waals surface area (Å²) in [7, 11) is 4.38. The second-order valence-electron chi connectivity index (χ2n) is 27.8. The Morgan fingerprint density at radius 1 is 0.544 bits per heavy atom. The van der Waals surface area contributed by atoms with Crippen molar-refractivity contribution in [3.05, 3.63) is 124 Å². The molecule has 0 unspecified atom stereocenters. The number of hydrogen-bond donors (Lipinski definition) is 4. The fourth-order valence-electron chi connectivity index (χ4n) is 15.3. The Balaban J connectivity index is 0.000000213. The Hall–Kier alpha value is -8.04. The van der Waals surface area contributed by atoms with Crippen molar-refractivity contribution in [2.24, 2.45) is 0 Å². The third-order valence-corrected chi connectivity index (χ3v) is 21.0. The molecule has 6 aromatic heterocycles. The Morgan fingerprint density at radius 3 is 1.25 bits per heavy atom. The van der Waals surface area contributed by atoms with Gasteiger partial charge in [0.25, 0.3) is 17.7 Å². The minimum absolute atomic E-state index is 0. The number of hydrogen-bond acceptors (Lipinski definition) is 18. The van der Waals surface area contributed by atoms with Crippen molar-refractivity contribution in [1.82, 2.24) is 79.0 Å². The standard InChI is InChI=1S/C27H37N7O4.C24H33N7O2.C17H18ClN5O4.CH3I.2CH4.V/c1-6-38-25(37)34-21-19(22(30-34)29-23(35)20-11-7-10-14-28-20)16-33(26(21,3)4)24(36)32-17-27(12-8-9-13-27)31(5)15-18(32)2;1-16-13-29(4)24(10-6-7-11-24)15-30(16)22(33)31-14-17-19(23(31,2)3)27-28-20(17)26-21(32)18-9-5-8-12-25-18;1-4-27-16(26)23-12-10(9-22(15(18)25)17(12,2)3)13(21-23)20-14(24)11-7-5-6-8-19-11;1-2;;;/h7,10-11,14,18H,6,8-9,12-13,15-17H2,1-5H3,(H,29,30,35);5,8-9,12,16H,6-7,10-11,13-15H2,1-4H3,(H2,26,27,28,32);5-8H,4,9H2,1-3H3,(H,20,21,24);1H3;2*1H4;/t18-;16-;;;;;/m00...../s1. The number of anilines is 3. The number of nitrogens with one attached hydrogen (secondary N) is 4. The quantitative estimate of drug-likeness (QED) is 0.0476. The number of piperazine rings is 2. The minimum Gasteiger partial charge on any atom is -0.448 e. The Morgan fingerprint density at radius 2 is 0.893 bits per heavy atom. The molecule has 2 saturated carbocycles. The first-order valence-corrected chi connectivity index (χ1v) is 36.4. The maximum atomic E-state index is 14.2. The molecule has 6 aromatic rings. The van der Waals surface area contributed by atoms with Crippen molar-refractivity contribution in [3.63, 3.8) is 0 Å². The van der Waals surface area contributed by atoms with Gasteiger partial charge < -0.3 is 49.9 Å². The van der Waals surface area contributed by atoms with Crippen molar-refractivity contribution in [2.45, 2.75) is 195 Å². The molecular weight excluding hydrogens is 1490 g/mol. The average molecular weight is 1590 g/mol. The number of aromatic amines is 1. The second-order valence-corrected chi connectivity index (χ2v) is 28.2.